The third-order valence-electron chi connectivity index (χ3n) is 14.7. The molecular formula is C53H70B2O7. The Morgan fingerprint density at radius 2 is 0.790 bits per heavy atom. The molecule has 0 amide bonds. The van der Waals surface area contributed by atoms with Gasteiger partial charge < -0.3 is 32.8 Å². The highest BCUT2D eigenvalue weighted by molar-refractivity contribution is 6.62. The van der Waals surface area contributed by atoms with Gasteiger partial charge in [0.1, 0.15) is 23.0 Å². The maximum Gasteiger partial charge on any atom is 0.494 e. The van der Waals surface area contributed by atoms with E-state index >= 15 is 0 Å². The molecule has 0 atom stereocenters. The smallest absolute Gasteiger partial charge is 0.493 e. The van der Waals surface area contributed by atoms with Crippen LogP contribution in [0.2, 0.25) is 0 Å². The molecule has 0 aromatic heterocycles. The van der Waals surface area contributed by atoms with Gasteiger partial charge in [0.25, 0.3) is 0 Å². The quantitative estimate of drug-likeness (QED) is 0.0631. The van der Waals surface area contributed by atoms with E-state index < -0.39 is 42.1 Å². The lowest BCUT2D eigenvalue weighted by Gasteiger charge is -2.40. The SMILES string of the molecule is CCCCCCCCOc1ccc2c(c1)Oc1cc(OCCCCCCCC)ccc1C21c2cc(B3OC(C)(C)C(C)(C)O3)ccc2-c2ccc(B3OC(C)(C)C(C)(C)O3)cc21. The molecule has 3 heterocycles. The first-order chi connectivity index (χ1) is 29.6. The van der Waals surface area contributed by atoms with Gasteiger partial charge in [0, 0.05) is 23.3 Å². The maximum absolute atomic E-state index is 7.03. The van der Waals surface area contributed by atoms with E-state index in [1.807, 2.05) is 0 Å². The van der Waals surface area contributed by atoms with Gasteiger partial charge in [0.2, 0.25) is 0 Å². The number of ether oxygens (including phenoxy) is 3. The Morgan fingerprint density at radius 1 is 0.419 bits per heavy atom. The molecular weight excluding hydrogens is 770 g/mol. The van der Waals surface area contributed by atoms with E-state index in [1.165, 1.54) is 64.2 Å². The number of fused-ring (bicyclic) bond motifs is 9. The van der Waals surface area contributed by atoms with Gasteiger partial charge in [-0.3, -0.25) is 0 Å². The van der Waals surface area contributed by atoms with Crippen LogP contribution in [-0.2, 0) is 24.0 Å². The standard InChI is InChI=1S/C53H70B2O7/c1-11-13-15-17-19-21-31-56-39-25-29-43-47(35-39)58-48-36-40(57-32-22-20-18-16-14-12-2)26-30-44(48)53(43)45-33-37(54-59-49(3,4)50(5,6)60-54)23-27-41(45)42-28-24-38(34-46(42)53)55-61-51(7,8)52(9,10)62-55/h23-30,33-36H,11-22,31-32H2,1-10H3. The molecule has 2 fully saturated rings. The van der Waals surface area contributed by atoms with Crippen molar-refractivity contribution in [3.63, 3.8) is 0 Å². The zero-order valence-electron chi connectivity index (χ0n) is 39.3. The molecule has 0 unspecified atom stereocenters. The fourth-order valence-electron chi connectivity index (χ4n) is 9.57. The minimum atomic E-state index is -0.775. The first-order valence-electron chi connectivity index (χ1n) is 23.8. The fourth-order valence-corrected chi connectivity index (χ4v) is 9.57. The van der Waals surface area contributed by atoms with Gasteiger partial charge in [0.15, 0.2) is 0 Å². The van der Waals surface area contributed by atoms with Crippen molar-refractivity contribution in [1.29, 1.82) is 0 Å². The largest absolute Gasteiger partial charge is 0.494 e. The Bertz CT molecular complexity index is 2040. The highest BCUT2D eigenvalue weighted by Crippen LogP contribution is 2.62. The lowest BCUT2D eigenvalue weighted by atomic mass is 9.64. The molecule has 1 spiro atoms. The average molecular weight is 841 g/mol. The Hall–Kier alpha value is -3.75. The number of rotatable bonds is 18. The maximum atomic E-state index is 7.03. The summed E-state index contributed by atoms with van der Waals surface area (Å²) in [4.78, 5) is 0. The molecule has 4 aromatic carbocycles. The Balaban J connectivity index is 1.25. The zero-order valence-corrected chi connectivity index (χ0v) is 39.3. The first kappa shape index (κ1) is 44.8. The number of benzene rings is 4. The van der Waals surface area contributed by atoms with Crippen LogP contribution in [0.4, 0.5) is 0 Å². The molecule has 3 aliphatic heterocycles. The molecule has 7 nitrogen and oxygen atoms in total. The van der Waals surface area contributed by atoms with Gasteiger partial charge >= 0.3 is 14.2 Å². The summed E-state index contributed by atoms with van der Waals surface area (Å²) in [6.45, 7) is 22.7. The molecule has 62 heavy (non-hydrogen) atoms. The van der Waals surface area contributed by atoms with Crippen LogP contribution in [0.15, 0.2) is 72.8 Å². The van der Waals surface area contributed by atoms with Gasteiger partial charge in [-0.2, -0.15) is 0 Å². The van der Waals surface area contributed by atoms with E-state index in [-0.39, 0.29) is 0 Å². The Morgan fingerprint density at radius 3 is 1.18 bits per heavy atom. The second kappa shape index (κ2) is 17.7. The average Bonchev–Trinajstić information content (AvgIpc) is 3.74. The molecule has 330 valence electrons. The predicted octanol–water partition coefficient (Wildman–Crippen LogP) is 12.2. The van der Waals surface area contributed by atoms with Crippen LogP contribution in [0, 0.1) is 0 Å². The molecule has 4 aliphatic rings. The highest BCUT2D eigenvalue weighted by atomic mass is 16.7. The van der Waals surface area contributed by atoms with Crippen LogP contribution in [0.3, 0.4) is 0 Å². The molecule has 0 radical (unpaired) electrons. The van der Waals surface area contributed by atoms with Crippen LogP contribution < -0.4 is 25.1 Å². The van der Waals surface area contributed by atoms with Gasteiger partial charge in [-0.25, -0.2) is 0 Å². The molecule has 0 bridgehead atoms. The van der Waals surface area contributed by atoms with E-state index in [0.717, 1.165) is 80.1 Å². The van der Waals surface area contributed by atoms with Crippen molar-refractivity contribution in [2.75, 3.05) is 13.2 Å². The molecule has 2 saturated heterocycles. The van der Waals surface area contributed by atoms with Crippen LogP contribution >= 0.6 is 0 Å². The summed E-state index contributed by atoms with van der Waals surface area (Å²) in [5.41, 5.74) is 5.98. The highest BCUT2D eigenvalue weighted by Gasteiger charge is 2.56. The minimum Gasteiger partial charge on any atom is -0.493 e. The topological polar surface area (TPSA) is 64.6 Å². The van der Waals surface area contributed by atoms with Crippen molar-refractivity contribution in [1.82, 2.24) is 0 Å². The van der Waals surface area contributed by atoms with Crippen molar-refractivity contribution < 1.29 is 32.8 Å². The van der Waals surface area contributed by atoms with E-state index in [0.29, 0.717) is 13.2 Å². The zero-order chi connectivity index (χ0) is 43.9. The van der Waals surface area contributed by atoms with Crippen molar-refractivity contribution in [2.45, 2.75) is 174 Å². The molecule has 0 N–H and O–H groups in total. The van der Waals surface area contributed by atoms with E-state index in [1.54, 1.807) is 0 Å². The molecule has 8 rings (SSSR count). The van der Waals surface area contributed by atoms with E-state index in [4.69, 9.17) is 32.8 Å². The van der Waals surface area contributed by atoms with Crippen LogP contribution in [-0.4, -0.2) is 49.9 Å². The van der Waals surface area contributed by atoms with Gasteiger partial charge in [-0.15, -0.1) is 0 Å². The van der Waals surface area contributed by atoms with Crippen molar-refractivity contribution in [3.05, 3.63) is 95.1 Å². The van der Waals surface area contributed by atoms with E-state index in [9.17, 15) is 0 Å². The van der Waals surface area contributed by atoms with Crippen LogP contribution in [0.5, 0.6) is 23.0 Å². The Kier molecular flexibility index (Phi) is 12.8. The monoisotopic (exact) mass is 841 g/mol. The van der Waals surface area contributed by atoms with Gasteiger partial charge in [-0.1, -0.05) is 127 Å². The van der Waals surface area contributed by atoms with Crippen LogP contribution in [0.1, 0.15) is 169 Å². The summed E-state index contributed by atoms with van der Waals surface area (Å²) >= 11 is 0. The normalized spacial score (nSPS) is 19.2. The summed E-state index contributed by atoms with van der Waals surface area (Å²) in [6.07, 6.45) is 14.5. The fraction of sp³-hybridized carbons (Fsp3) is 0.547. The lowest BCUT2D eigenvalue weighted by Crippen LogP contribution is -2.41. The summed E-state index contributed by atoms with van der Waals surface area (Å²) < 4.78 is 46.7. The first-order valence-corrected chi connectivity index (χ1v) is 23.8. The Labute approximate surface area is 373 Å². The minimum absolute atomic E-state index is 0.481. The van der Waals surface area contributed by atoms with Crippen molar-refractivity contribution >= 4 is 25.2 Å². The second-order valence-electron chi connectivity index (χ2n) is 20.2. The third kappa shape index (κ3) is 8.25. The summed E-state index contributed by atoms with van der Waals surface area (Å²) in [7, 11) is -1.05. The van der Waals surface area contributed by atoms with E-state index in [2.05, 4.69) is 142 Å². The molecule has 0 saturated carbocycles. The number of hydrogen-bond donors (Lipinski definition) is 0. The number of unbranched alkanes of at least 4 members (excludes halogenated alkanes) is 10. The predicted molar refractivity (Wildman–Crippen MR) is 253 cm³/mol. The summed E-state index contributed by atoms with van der Waals surface area (Å²) in [5, 5.41) is 0. The second-order valence-corrected chi connectivity index (χ2v) is 20.2. The van der Waals surface area contributed by atoms with Crippen molar-refractivity contribution in [2.24, 2.45) is 0 Å². The van der Waals surface area contributed by atoms with Gasteiger partial charge in [-0.05, 0) is 114 Å². The van der Waals surface area contributed by atoms with Crippen molar-refractivity contribution in [3.8, 4) is 34.1 Å². The molecule has 9 heteroatoms. The van der Waals surface area contributed by atoms with Crippen LogP contribution in [0.25, 0.3) is 11.1 Å². The van der Waals surface area contributed by atoms with Gasteiger partial charge in [0.05, 0.1) is 41.0 Å². The lowest BCUT2D eigenvalue weighted by molar-refractivity contribution is 0.00578. The summed E-state index contributed by atoms with van der Waals surface area (Å²) in [6, 6.07) is 26.4. The molecule has 4 aromatic rings. The third-order valence-corrected chi connectivity index (χ3v) is 14.7. The molecule has 1 aliphatic carbocycles. The summed E-state index contributed by atoms with van der Waals surface area (Å²) in [5.74, 6) is 3.15. The number of hydrogen-bond acceptors (Lipinski definition) is 7.